The number of nitrogens with one attached hydrogen (secondary N) is 2. The van der Waals surface area contributed by atoms with Gasteiger partial charge in [0.2, 0.25) is 5.91 Å². The lowest BCUT2D eigenvalue weighted by molar-refractivity contribution is -0.120. The lowest BCUT2D eigenvalue weighted by Crippen LogP contribution is -2.34. The summed E-state index contributed by atoms with van der Waals surface area (Å²) in [4.78, 5) is 11.8. The van der Waals surface area contributed by atoms with Crippen molar-refractivity contribution in [2.75, 3.05) is 34.4 Å². The standard InChI is InChI=1S/C16H24N2O4/c1-20-13-7-15(22-3)14(21-2)6-12(13)9-18-16(19)10-17-8-11-4-5-11/h6-7,11,17H,4-5,8-10H2,1-3H3,(H,18,19). The minimum atomic E-state index is -0.0301. The van der Waals surface area contributed by atoms with Crippen LogP contribution in [0.5, 0.6) is 17.2 Å². The molecule has 1 aromatic carbocycles. The molecule has 0 spiro atoms. The monoisotopic (exact) mass is 308 g/mol. The second kappa shape index (κ2) is 7.89. The maximum atomic E-state index is 11.8. The summed E-state index contributed by atoms with van der Waals surface area (Å²) < 4.78 is 15.9. The molecule has 0 unspecified atom stereocenters. The Kier molecular flexibility index (Phi) is 5.89. The lowest BCUT2D eigenvalue weighted by Gasteiger charge is -2.14. The molecule has 2 rings (SSSR count). The van der Waals surface area contributed by atoms with Crippen molar-refractivity contribution in [3.63, 3.8) is 0 Å². The molecule has 6 heteroatoms. The van der Waals surface area contributed by atoms with E-state index in [0.717, 1.165) is 18.0 Å². The van der Waals surface area contributed by atoms with Gasteiger partial charge in [0.25, 0.3) is 0 Å². The molecule has 0 aliphatic heterocycles. The van der Waals surface area contributed by atoms with E-state index in [4.69, 9.17) is 14.2 Å². The number of methoxy groups -OCH3 is 3. The Morgan fingerprint density at radius 2 is 1.73 bits per heavy atom. The van der Waals surface area contributed by atoms with Gasteiger partial charge in [0.15, 0.2) is 11.5 Å². The van der Waals surface area contributed by atoms with Crippen molar-refractivity contribution in [2.24, 2.45) is 5.92 Å². The topological polar surface area (TPSA) is 68.8 Å². The van der Waals surface area contributed by atoms with Crippen molar-refractivity contribution in [1.82, 2.24) is 10.6 Å². The summed E-state index contributed by atoms with van der Waals surface area (Å²) in [5.41, 5.74) is 0.843. The van der Waals surface area contributed by atoms with Crippen LogP contribution in [-0.2, 0) is 11.3 Å². The van der Waals surface area contributed by atoms with Crippen LogP contribution in [0.2, 0.25) is 0 Å². The van der Waals surface area contributed by atoms with E-state index in [2.05, 4.69) is 10.6 Å². The Morgan fingerprint density at radius 3 is 2.32 bits per heavy atom. The molecule has 0 heterocycles. The molecule has 0 atom stereocenters. The third-order valence-electron chi connectivity index (χ3n) is 3.68. The molecule has 6 nitrogen and oxygen atoms in total. The zero-order chi connectivity index (χ0) is 15.9. The van der Waals surface area contributed by atoms with Crippen molar-refractivity contribution < 1.29 is 19.0 Å². The first-order chi connectivity index (χ1) is 10.7. The summed E-state index contributed by atoms with van der Waals surface area (Å²) in [6, 6.07) is 3.57. The Bertz CT molecular complexity index is 515. The molecule has 1 amide bonds. The number of benzene rings is 1. The summed E-state index contributed by atoms with van der Waals surface area (Å²) in [5, 5.41) is 6.04. The molecule has 0 radical (unpaired) electrons. The van der Waals surface area contributed by atoms with Crippen molar-refractivity contribution >= 4 is 5.91 Å². The molecule has 122 valence electrons. The summed E-state index contributed by atoms with van der Waals surface area (Å²) in [5.74, 6) is 2.60. The number of rotatable bonds is 9. The van der Waals surface area contributed by atoms with Gasteiger partial charge in [-0.3, -0.25) is 4.79 Å². The molecule has 1 saturated carbocycles. The van der Waals surface area contributed by atoms with E-state index in [9.17, 15) is 4.79 Å². The zero-order valence-electron chi connectivity index (χ0n) is 13.4. The second-order valence-electron chi connectivity index (χ2n) is 5.37. The van der Waals surface area contributed by atoms with Crippen LogP contribution in [0, 0.1) is 5.92 Å². The Hall–Kier alpha value is -1.95. The molecule has 0 bridgehead atoms. The Labute approximate surface area is 131 Å². The highest BCUT2D eigenvalue weighted by atomic mass is 16.5. The van der Waals surface area contributed by atoms with E-state index in [1.807, 2.05) is 6.07 Å². The Morgan fingerprint density at radius 1 is 1.09 bits per heavy atom. The summed E-state index contributed by atoms with van der Waals surface area (Å²) in [6.45, 7) is 1.65. The summed E-state index contributed by atoms with van der Waals surface area (Å²) >= 11 is 0. The third-order valence-corrected chi connectivity index (χ3v) is 3.68. The average molecular weight is 308 g/mol. The van der Waals surface area contributed by atoms with Crippen LogP contribution in [0.4, 0.5) is 0 Å². The highest BCUT2D eigenvalue weighted by Crippen LogP contribution is 2.34. The highest BCUT2D eigenvalue weighted by Gasteiger charge is 2.20. The van der Waals surface area contributed by atoms with Gasteiger partial charge in [-0.15, -0.1) is 0 Å². The van der Waals surface area contributed by atoms with Gasteiger partial charge < -0.3 is 24.8 Å². The van der Waals surface area contributed by atoms with Gasteiger partial charge in [0.05, 0.1) is 27.9 Å². The van der Waals surface area contributed by atoms with Crippen LogP contribution in [0.1, 0.15) is 18.4 Å². The first-order valence-corrected chi connectivity index (χ1v) is 7.44. The van der Waals surface area contributed by atoms with Gasteiger partial charge in [0.1, 0.15) is 5.75 Å². The summed E-state index contributed by atoms with van der Waals surface area (Å²) in [7, 11) is 4.74. The molecule has 0 aromatic heterocycles. The van der Waals surface area contributed by atoms with Crippen LogP contribution in [-0.4, -0.2) is 40.3 Å². The highest BCUT2D eigenvalue weighted by molar-refractivity contribution is 5.78. The first kappa shape index (κ1) is 16.4. The number of carbonyl (C=O) groups is 1. The van der Waals surface area contributed by atoms with E-state index in [1.54, 1.807) is 27.4 Å². The van der Waals surface area contributed by atoms with E-state index in [1.165, 1.54) is 12.8 Å². The van der Waals surface area contributed by atoms with Gasteiger partial charge >= 0.3 is 0 Å². The fourth-order valence-electron chi connectivity index (χ4n) is 2.20. The number of hydrogen-bond acceptors (Lipinski definition) is 5. The predicted octanol–water partition coefficient (Wildman–Crippen LogP) is 1.33. The van der Waals surface area contributed by atoms with Crippen molar-refractivity contribution in [3.05, 3.63) is 17.7 Å². The molecule has 1 aliphatic carbocycles. The molecule has 22 heavy (non-hydrogen) atoms. The number of hydrogen-bond donors (Lipinski definition) is 2. The van der Waals surface area contributed by atoms with Crippen molar-refractivity contribution in [3.8, 4) is 17.2 Å². The molecule has 2 N–H and O–H groups in total. The molecule has 1 fully saturated rings. The zero-order valence-corrected chi connectivity index (χ0v) is 13.4. The minimum Gasteiger partial charge on any atom is -0.496 e. The third kappa shape index (κ3) is 4.53. The number of carbonyl (C=O) groups excluding carboxylic acids is 1. The fraction of sp³-hybridized carbons (Fsp3) is 0.562. The molecule has 1 aliphatic rings. The van der Waals surface area contributed by atoms with Crippen LogP contribution in [0.25, 0.3) is 0 Å². The largest absolute Gasteiger partial charge is 0.496 e. The van der Waals surface area contributed by atoms with Gasteiger partial charge in [-0.2, -0.15) is 0 Å². The SMILES string of the molecule is COc1cc(OC)c(OC)cc1CNC(=O)CNCC1CC1. The quantitative estimate of drug-likeness (QED) is 0.720. The van der Waals surface area contributed by atoms with Crippen molar-refractivity contribution in [1.29, 1.82) is 0 Å². The maximum absolute atomic E-state index is 11.8. The second-order valence-corrected chi connectivity index (χ2v) is 5.37. The molecular weight excluding hydrogens is 284 g/mol. The maximum Gasteiger partial charge on any atom is 0.234 e. The van der Waals surface area contributed by atoms with Crippen LogP contribution < -0.4 is 24.8 Å². The van der Waals surface area contributed by atoms with E-state index < -0.39 is 0 Å². The first-order valence-electron chi connectivity index (χ1n) is 7.44. The Balaban J connectivity index is 1.90. The number of ether oxygens (including phenoxy) is 3. The molecular formula is C16H24N2O4. The van der Waals surface area contributed by atoms with E-state index in [0.29, 0.717) is 30.3 Å². The smallest absolute Gasteiger partial charge is 0.234 e. The van der Waals surface area contributed by atoms with Crippen LogP contribution >= 0.6 is 0 Å². The molecule has 0 saturated heterocycles. The lowest BCUT2D eigenvalue weighted by atomic mass is 10.1. The van der Waals surface area contributed by atoms with Gasteiger partial charge in [-0.1, -0.05) is 0 Å². The van der Waals surface area contributed by atoms with Gasteiger partial charge in [-0.25, -0.2) is 0 Å². The summed E-state index contributed by atoms with van der Waals surface area (Å²) in [6.07, 6.45) is 2.55. The predicted molar refractivity (Wildman–Crippen MR) is 83.5 cm³/mol. The fourth-order valence-corrected chi connectivity index (χ4v) is 2.20. The molecule has 1 aromatic rings. The van der Waals surface area contributed by atoms with Crippen LogP contribution in [0.3, 0.4) is 0 Å². The van der Waals surface area contributed by atoms with E-state index in [-0.39, 0.29) is 5.91 Å². The van der Waals surface area contributed by atoms with Gasteiger partial charge in [0, 0.05) is 18.2 Å². The average Bonchev–Trinajstić information content (AvgIpc) is 3.36. The van der Waals surface area contributed by atoms with Gasteiger partial charge in [-0.05, 0) is 31.4 Å². The normalized spacial score (nSPS) is 13.6. The number of amides is 1. The van der Waals surface area contributed by atoms with Crippen molar-refractivity contribution in [2.45, 2.75) is 19.4 Å². The van der Waals surface area contributed by atoms with E-state index >= 15 is 0 Å². The van der Waals surface area contributed by atoms with Crippen LogP contribution in [0.15, 0.2) is 12.1 Å². The minimum absolute atomic E-state index is 0.0301.